The van der Waals surface area contributed by atoms with Crippen LogP contribution in [0.15, 0.2) is 12.5 Å². The maximum atomic E-state index is 12.4. The lowest BCUT2D eigenvalue weighted by Gasteiger charge is -2.22. The molecule has 4 amide bonds. The third kappa shape index (κ3) is 8.08. The van der Waals surface area contributed by atoms with Gasteiger partial charge in [0.15, 0.2) is 0 Å². The number of primary amides is 1. The Kier molecular flexibility index (Phi) is 9.77. The lowest BCUT2D eigenvalue weighted by atomic mass is 10.1. The van der Waals surface area contributed by atoms with Gasteiger partial charge in [-0.25, -0.2) is 9.78 Å². The summed E-state index contributed by atoms with van der Waals surface area (Å²) in [5.41, 5.74) is 11.4. The molecule has 0 saturated heterocycles. The topological polar surface area (TPSA) is 222 Å². The van der Waals surface area contributed by atoms with Crippen molar-refractivity contribution in [2.75, 3.05) is 5.75 Å². The van der Waals surface area contributed by atoms with Gasteiger partial charge in [0.25, 0.3) is 0 Å². The minimum Gasteiger partial charge on any atom is -0.480 e. The summed E-state index contributed by atoms with van der Waals surface area (Å²) in [7, 11) is 0. The largest absolute Gasteiger partial charge is 0.480 e. The molecule has 13 nitrogen and oxygen atoms in total. The van der Waals surface area contributed by atoms with E-state index in [1.807, 2.05) is 0 Å². The number of aromatic nitrogens is 2. The molecular formula is C16H25N7O6S. The summed E-state index contributed by atoms with van der Waals surface area (Å²) in [5.74, 6) is -4.63. The van der Waals surface area contributed by atoms with Crippen LogP contribution in [0.1, 0.15) is 19.0 Å². The van der Waals surface area contributed by atoms with Crippen molar-refractivity contribution in [2.24, 2.45) is 11.5 Å². The van der Waals surface area contributed by atoms with E-state index in [4.69, 9.17) is 16.6 Å². The molecule has 30 heavy (non-hydrogen) atoms. The normalized spacial score (nSPS) is 14.6. The van der Waals surface area contributed by atoms with E-state index in [0.717, 1.165) is 0 Å². The first kappa shape index (κ1) is 24.9. The average Bonchev–Trinajstić information content (AvgIpc) is 3.17. The number of hydrogen-bond donors (Lipinski definition) is 8. The minimum atomic E-state index is -1.53. The number of aliphatic carboxylic acids is 1. The maximum Gasteiger partial charge on any atom is 0.326 e. The summed E-state index contributed by atoms with van der Waals surface area (Å²) in [6, 6.07) is -4.74. The Morgan fingerprint density at radius 1 is 1.13 bits per heavy atom. The van der Waals surface area contributed by atoms with E-state index in [0.29, 0.717) is 5.69 Å². The number of aromatic amines is 1. The highest BCUT2D eigenvalue weighted by atomic mass is 32.1. The van der Waals surface area contributed by atoms with Crippen LogP contribution < -0.4 is 27.4 Å². The number of nitrogens with zero attached hydrogens (tertiary/aromatic N) is 1. The van der Waals surface area contributed by atoms with Gasteiger partial charge >= 0.3 is 5.97 Å². The first-order valence-corrected chi connectivity index (χ1v) is 9.44. The van der Waals surface area contributed by atoms with E-state index in [-0.39, 0.29) is 12.2 Å². The predicted molar refractivity (Wildman–Crippen MR) is 107 cm³/mol. The molecule has 0 spiro atoms. The number of nitrogens with two attached hydrogens (primary N) is 2. The van der Waals surface area contributed by atoms with Crippen LogP contribution in [0.5, 0.6) is 0 Å². The van der Waals surface area contributed by atoms with Crippen LogP contribution in [0.3, 0.4) is 0 Å². The van der Waals surface area contributed by atoms with E-state index in [2.05, 4.69) is 38.5 Å². The molecule has 0 aliphatic carbocycles. The van der Waals surface area contributed by atoms with Gasteiger partial charge in [-0.15, -0.1) is 0 Å². The zero-order valence-electron chi connectivity index (χ0n) is 16.1. The molecule has 1 aromatic heterocycles. The number of hydrogen-bond acceptors (Lipinski definition) is 8. The number of carboxylic acids is 1. The molecule has 0 fully saturated rings. The molecule has 4 unspecified atom stereocenters. The molecule has 0 aliphatic rings. The Morgan fingerprint density at radius 2 is 1.77 bits per heavy atom. The van der Waals surface area contributed by atoms with Crippen LogP contribution in [-0.4, -0.2) is 74.6 Å². The van der Waals surface area contributed by atoms with E-state index in [1.165, 1.54) is 19.4 Å². The fourth-order valence-electron chi connectivity index (χ4n) is 2.28. The van der Waals surface area contributed by atoms with Crippen LogP contribution in [0.2, 0.25) is 0 Å². The molecule has 1 rings (SSSR count). The Morgan fingerprint density at radius 3 is 2.27 bits per heavy atom. The second-order valence-corrected chi connectivity index (χ2v) is 6.80. The number of carboxylic acid groups (broad SMARTS) is 1. The predicted octanol–water partition coefficient (Wildman–Crippen LogP) is -3.36. The Hall–Kier alpha value is -3.13. The van der Waals surface area contributed by atoms with E-state index >= 15 is 0 Å². The molecule has 1 heterocycles. The third-order valence-corrected chi connectivity index (χ3v) is 4.28. The lowest BCUT2D eigenvalue weighted by Crippen LogP contribution is -2.57. The quantitative estimate of drug-likeness (QED) is 0.152. The van der Waals surface area contributed by atoms with Gasteiger partial charge in [0.1, 0.15) is 18.1 Å². The summed E-state index contributed by atoms with van der Waals surface area (Å²) >= 11 is 4.02. The highest BCUT2D eigenvalue weighted by Crippen LogP contribution is 1.99. The number of carbonyl (C=O) groups excluding carboxylic acids is 4. The van der Waals surface area contributed by atoms with Gasteiger partial charge in [-0.05, 0) is 6.92 Å². The van der Waals surface area contributed by atoms with Crippen LogP contribution in [-0.2, 0) is 30.4 Å². The zero-order chi connectivity index (χ0) is 22.8. The van der Waals surface area contributed by atoms with Gasteiger partial charge in [-0.2, -0.15) is 12.6 Å². The van der Waals surface area contributed by atoms with Crippen LogP contribution >= 0.6 is 12.6 Å². The molecule has 0 radical (unpaired) electrons. The monoisotopic (exact) mass is 443 g/mol. The molecule has 0 aromatic carbocycles. The average molecular weight is 443 g/mol. The second kappa shape index (κ2) is 11.8. The Balaban J connectivity index is 2.61. The smallest absolute Gasteiger partial charge is 0.326 e. The maximum absolute atomic E-state index is 12.4. The van der Waals surface area contributed by atoms with Crippen LogP contribution in [0.4, 0.5) is 0 Å². The van der Waals surface area contributed by atoms with Crippen molar-refractivity contribution in [3.05, 3.63) is 18.2 Å². The molecular weight excluding hydrogens is 418 g/mol. The van der Waals surface area contributed by atoms with Crippen molar-refractivity contribution in [3.63, 3.8) is 0 Å². The molecule has 9 N–H and O–H groups in total. The van der Waals surface area contributed by atoms with Gasteiger partial charge in [0.2, 0.25) is 23.6 Å². The fraction of sp³-hybridized carbons (Fsp3) is 0.500. The van der Waals surface area contributed by atoms with Crippen molar-refractivity contribution >= 4 is 42.2 Å². The number of thiol groups is 1. The highest BCUT2D eigenvalue weighted by molar-refractivity contribution is 7.80. The summed E-state index contributed by atoms with van der Waals surface area (Å²) in [6.07, 6.45) is 2.51. The highest BCUT2D eigenvalue weighted by Gasteiger charge is 2.28. The molecule has 0 aliphatic heterocycles. The molecule has 1 aromatic rings. The fourth-order valence-corrected chi connectivity index (χ4v) is 2.53. The molecule has 0 bridgehead atoms. The summed E-state index contributed by atoms with van der Waals surface area (Å²) < 4.78 is 0. The van der Waals surface area contributed by atoms with Crippen molar-refractivity contribution < 1.29 is 29.1 Å². The zero-order valence-corrected chi connectivity index (χ0v) is 17.0. The molecule has 4 atom stereocenters. The number of H-pyrrole nitrogens is 1. The van der Waals surface area contributed by atoms with Crippen molar-refractivity contribution in [3.8, 4) is 0 Å². The van der Waals surface area contributed by atoms with Gasteiger partial charge < -0.3 is 37.5 Å². The Labute approximate surface area is 177 Å². The minimum absolute atomic E-state index is 0.0812. The number of rotatable bonds is 12. The van der Waals surface area contributed by atoms with Gasteiger partial charge in [-0.1, -0.05) is 0 Å². The first-order valence-electron chi connectivity index (χ1n) is 8.81. The second-order valence-electron chi connectivity index (χ2n) is 6.43. The van der Waals surface area contributed by atoms with Crippen molar-refractivity contribution in [1.29, 1.82) is 0 Å². The number of carbonyl (C=O) groups is 5. The standard InChI is InChI=1S/C16H25N7O6S/c1-7(13(25)22-10(16(28)29)3-12(18)24)21-15(27)11(5-30)23-14(26)9(17)2-8-4-19-6-20-8/h4,6-7,9-11,30H,2-3,5,17H2,1H3,(H2,18,24)(H,19,20)(H,21,27)(H,22,25)(H,23,26)(H,28,29). The number of amides is 4. The molecule has 166 valence electrons. The summed E-state index contributed by atoms with van der Waals surface area (Å²) in [6.45, 7) is 1.30. The van der Waals surface area contributed by atoms with E-state index < -0.39 is 60.2 Å². The Bertz CT molecular complexity index is 772. The SMILES string of the molecule is CC(NC(=O)C(CS)NC(=O)C(N)Cc1cnc[nH]1)C(=O)NC(CC(N)=O)C(=O)O. The van der Waals surface area contributed by atoms with Crippen LogP contribution in [0, 0.1) is 0 Å². The lowest BCUT2D eigenvalue weighted by molar-refractivity contribution is -0.143. The first-order chi connectivity index (χ1) is 14.0. The van der Waals surface area contributed by atoms with E-state index in [1.54, 1.807) is 0 Å². The van der Waals surface area contributed by atoms with Gasteiger partial charge in [0.05, 0.1) is 18.8 Å². The number of imidazole rings is 1. The van der Waals surface area contributed by atoms with Gasteiger partial charge in [0, 0.05) is 24.1 Å². The molecule has 14 heteroatoms. The van der Waals surface area contributed by atoms with Crippen LogP contribution in [0.25, 0.3) is 0 Å². The third-order valence-electron chi connectivity index (χ3n) is 3.92. The summed E-state index contributed by atoms with van der Waals surface area (Å²) in [4.78, 5) is 65.3. The summed E-state index contributed by atoms with van der Waals surface area (Å²) in [5, 5.41) is 15.9. The molecule has 0 saturated carbocycles. The van der Waals surface area contributed by atoms with E-state index in [9.17, 15) is 24.0 Å². The van der Waals surface area contributed by atoms with Crippen molar-refractivity contribution in [1.82, 2.24) is 25.9 Å². The van der Waals surface area contributed by atoms with Gasteiger partial charge in [-0.3, -0.25) is 19.2 Å². The van der Waals surface area contributed by atoms with Crippen molar-refractivity contribution in [2.45, 2.75) is 43.9 Å². The number of nitrogens with one attached hydrogen (secondary N) is 4.